The van der Waals surface area contributed by atoms with Gasteiger partial charge in [0.25, 0.3) is 0 Å². The summed E-state index contributed by atoms with van der Waals surface area (Å²) in [5.74, 6) is -0.982. The smallest absolute Gasteiger partial charge is 0.335 e. The molecule has 27 heavy (non-hydrogen) atoms. The maximum atomic E-state index is 11.1. The van der Waals surface area contributed by atoms with Crippen LogP contribution in [0.4, 0.5) is 0 Å². The second-order valence-electron chi connectivity index (χ2n) is 5.44. The molecule has 0 saturated heterocycles. The molecule has 0 bridgehead atoms. The lowest BCUT2D eigenvalue weighted by molar-refractivity contribution is 0.0686. The van der Waals surface area contributed by atoms with Crippen molar-refractivity contribution in [3.8, 4) is 23.0 Å². The van der Waals surface area contributed by atoms with Gasteiger partial charge in [0.15, 0.2) is 0 Å². The van der Waals surface area contributed by atoms with E-state index in [1.807, 2.05) is 0 Å². The van der Waals surface area contributed by atoms with Gasteiger partial charge in [-0.15, -0.1) is 0 Å². The summed E-state index contributed by atoms with van der Waals surface area (Å²) in [6, 6.07) is 16.8. The van der Waals surface area contributed by atoms with E-state index in [0.29, 0.717) is 11.5 Å². The minimum Gasteiger partial charge on any atom is -0.478 e. The predicted molar refractivity (Wildman–Crippen MR) is 98.4 cm³/mol. The summed E-state index contributed by atoms with van der Waals surface area (Å²) in [5, 5.41) is 18.3. The number of benzene rings is 3. The number of hydrogen-bond donors (Lipinski definition) is 2. The van der Waals surface area contributed by atoms with Crippen molar-refractivity contribution in [2.75, 3.05) is 0 Å². The van der Waals surface area contributed by atoms with Crippen molar-refractivity contribution in [2.24, 2.45) is 0 Å². The van der Waals surface area contributed by atoms with Crippen LogP contribution < -0.4 is 9.47 Å². The van der Waals surface area contributed by atoms with Crippen LogP contribution in [0, 0.1) is 0 Å². The van der Waals surface area contributed by atoms with Crippen LogP contribution in [0.5, 0.6) is 23.0 Å². The summed E-state index contributed by atoms with van der Waals surface area (Å²) in [4.78, 5) is 22.1. The Bertz CT molecular complexity index is 937. The van der Waals surface area contributed by atoms with Crippen LogP contribution in [0.15, 0.2) is 66.7 Å². The number of halogens is 1. The molecule has 0 aliphatic rings. The number of carboxylic acid groups (broad SMARTS) is 2. The molecule has 0 saturated carbocycles. The molecule has 0 aliphatic heterocycles. The van der Waals surface area contributed by atoms with Gasteiger partial charge < -0.3 is 19.7 Å². The Morgan fingerprint density at radius 1 is 0.704 bits per heavy atom. The quantitative estimate of drug-likeness (QED) is 0.597. The lowest BCUT2D eigenvalue weighted by Gasteiger charge is -2.12. The fourth-order valence-corrected chi connectivity index (χ4v) is 2.49. The molecule has 2 N–H and O–H groups in total. The topological polar surface area (TPSA) is 93.1 Å². The van der Waals surface area contributed by atoms with Crippen LogP contribution in [0.1, 0.15) is 20.7 Å². The molecule has 0 amide bonds. The first-order valence-electron chi connectivity index (χ1n) is 7.75. The van der Waals surface area contributed by atoms with Crippen molar-refractivity contribution in [1.82, 2.24) is 0 Å². The third kappa shape index (κ3) is 4.37. The van der Waals surface area contributed by atoms with E-state index in [1.54, 1.807) is 42.5 Å². The standard InChI is InChI=1S/C20H13ClO6/c21-18-16(26-14-6-1-4-12(10-14)19(22)23)8-3-9-17(18)27-15-7-2-5-13(11-15)20(24)25/h1-11H,(H,22,23)(H,24,25). The molecule has 0 aliphatic carbocycles. The van der Waals surface area contributed by atoms with Crippen LogP contribution in [-0.4, -0.2) is 22.2 Å². The summed E-state index contributed by atoms with van der Waals surface area (Å²) in [6.07, 6.45) is 0. The molecule has 3 rings (SSSR count). The van der Waals surface area contributed by atoms with Gasteiger partial charge >= 0.3 is 11.9 Å². The molecule has 0 unspecified atom stereocenters. The lowest BCUT2D eigenvalue weighted by Crippen LogP contribution is -1.97. The van der Waals surface area contributed by atoms with E-state index in [0.717, 1.165) is 0 Å². The van der Waals surface area contributed by atoms with Crippen molar-refractivity contribution in [1.29, 1.82) is 0 Å². The Hall–Kier alpha value is -3.51. The van der Waals surface area contributed by atoms with Crippen molar-refractivity contribution in [3.05, 3.63) is 82.9 Å². The Balaban J connectivity index is 1.86. The normalized spacial score (nSPS) is 10.3. The number of carbonyl (C=O) groups is 2. The average Bonchev–Trinajstić information content (AvgIpc) is 2.65. The summed E-state index contributed by atoms with van der Waals surface area (Å²) >= 11 is 6.33. The molecular weight excluding hydrogens is 372 g/mol. The van der Waals surface area contributed by atoms with Crippen molar-refractivity contribution >= 4 is 23.5 Å². The summed E-state index contributed by atoms with van der Waals surface area (Å²) in [5.41, 5.74) is 0.169. The van der Waals surface area contributed by atoms with Crippen molar-refractivity contribution < 1.29 is 29.3 Å². The summed E-state index contributed by atoms with van der Waals surface area (Å²) < 4.78 is 11.3. The first-order valence-corrected chi connectivity index (χ1v) is 8.13. The number of ether oxygens (including phenoxy) is 2. The van der Waals surface area contributed by atoms with E-state index < -0.39 is 11.9 Å². The maximum Gasteiger partial charge on any atom is 0.335 e. The van der Waals surface area contributed by atoms with E-state index in [4.69, 9.17) is 31.3 Å². The Morgan fingerprint density at radius 3 is 1.52 bits per heavy atom. The predicted octanol–water partition coefficient (Wildman–Crippen LogP) is 5.32. The number of rotatable bonds is 6. The zero-order valence-corrected chi connectivity index (χ0v) is 14.5. The average molecular weight is 385 g/mol. The highest BCUT2D eigenvalue weighted by Crippen LogP contribution is 2.38. The second-order valence-corrected chi connectivity index (χ2v) is 5.82. The lowest BCUT2D eigenvalue weighted by atomic mass is 10.2. The Morgan fingerprint density at radius 2 is 1.11 bits per heavy atom. The summed E-state index contributed by atoms with van der Waals surface area (Å²) in [6.45, 7) is 0. The van der Waals surface area contributed by atoms with E-state index in [9.17, 15) is 9.59 Å². The highest BCUT2D eigenvalue weighted by atomic mass is 35.5. The first-order chi connectivity index (χ1) is 12.9. The van der Waals surface area contributed by atoms with Gasteiger partial charge in [0.05, 0.1) is 11.1 Å². The monoisotopic (exact) mass is 384 g/mol. The van der Waals surface area contributed by atoms with Crippen LogP contribution in [0.25, 0.3) is 0 Å². The maximum absolute atomic E-state index is 11.1. The van der Waals surface area contributed by atoms with Gasteiger partial charge in [-0.1, -0.05) is 29.8 Å². The SMILES string of the molecule is O=C(O)c1cccc(Oc2cccc(Oc3cccc(C(=O)O)c3)c2Cl)c1. The Kier molecular flexibility index (Phi) is 5.28. The van der Waals surface area contributed by atoms with Gasteiger partial charge in [-0.2, -0.15) is 0 Å². The fraction of sp³-hybridized carbons (Fsp3) is 0. The number of hydrogen-bond acceptors (Lipinski definition) is 4. The van der Waals surface area contributed by atoms with Gasteiger partial charge in [-0.3, -0.25) is 0 Å². The van der Waals surface area contributed by atoms with Crippen molar-refractivity contribution in [2.45, 2.75) is 0 Å². The molecule has 0 fully saturated rings. The van der Waals surface area contributed by atoms with Gasteiger partial charge in [-0.25, -0.2) is 9.59 Å². The van der Waals surface area contributed by atoms with E-state index in [1.165, 1.54) is 24.3 Å². The fourth-order valence-electron chi connectivity index (χ4n) is 2.29. The van der Waals surface area contributed by atoms with Crippen LogP contribution in [-0.2, 0) is 0 Å². The molecule has 0 heterocycles. The number of carboxylic acids is 2. The highest BCUT2D eigenvalue weighted by Gasteiger charge is 2.12. The molecular formula is C20H13ClO6. The molecule has 6 nitrogen and oxygen atoms in total. The zero-order chi connectivity index (χ0) is 19.4. The highest BCUT2D eigenvalue weighted by molar-refractivity contribution is 6.33. The van der Waals surface area contributed by atoms with Crippen molar-refractivity contribution in [3.63, 3.8) is 0 Å². The van der Waals surface area contributed by atoms with Crippen LogP contribution in [0.2, 0.25) is 5.02 Å². The third-order valence-corrected chi connectivity index (χ3v) is 3.92. The van der Waals surface area contributed by atoms with E-state index in [-0.39, 0.29) is 27.6 Å². The molecule has 0 atom stereocenters. The van der Waals surface area contributed by atoms with Gasteiger partial charge in [0.2, 0.25) is 0 Å². The van der Waals surface area contributed by atoms with Gasteiger partial charge in [-0.05, 0) is 48.5 Å². The molecule has 0 radical (unpaired) electrons. The van der Waals surface area contributed by atoms with Crippen LogP contribution >= 0.6 is 11.6 Å². The third-order valence-electron chi connectivity index (χ3n) is 3.55. The number of aromatic carboxylic acids is 2. The minimum atomic E-state index is -1.07. The molecule has 0 aromatic heterocycles. The first kappa shape index (κ1) is 18.3. The second kappa shape index (κ2) is 7.80. The molecule has 7 heteroatoms. The molecule has 3 aromatic rings. The van der Waals surface area contributed by atoms with Gasteiger partial charge in [0.1, 0.15) is 28.0 Å². The van der Waals surface area contributed by atoms with Gasteiger partial charge in [0, 0.05) is 0 Å². The molecule has 0 spiro atoms. The molecule has 136 valence electrons. The van der Waals surface area contributed by atoms with Crippen LogP contribution in [0.3, 0.4) is 0 Å². The van der Waals surface area contributed by atoms with E-state index >= 15 is 0 Å². The summed E-state index contributed by atoms with van der Waals surface area (Å²) in [7, 11) is 0. The molecule has 3 aromatic carbocycles. The largest absolute Gasteiger partial charge is 0.478 e. The Labute approximate surface area is 159 Å². The van der Waals surface area contributed by atoms with E-state index in [2.05, 4.69) is 0 Å². The minimum absolute atomic E-state index is 0.0847. The zero-order valence-electron chi connectivity index (χ0n) is 13.8.